The lowest BCUT2D eigenvalue weighted by atomic mass is 9.46. The highest BCUT2D eigenvalue weighted by Gasteiger charge is 2.59. The van der Waals surface area contributed by atoms with Crippen LogP contribution in [-0.4, -0.2) is 17.0 Å². The number of hydrogen-bond acceptors (Lipinski definition) is 2. The summed E-state index contributed by atoms with van der Waals surface area (Å²) in [4.78, 5) is 12.6. The van der Waals surface area contributed by atoms with E-state index >= 15 is 0 Å². The summed E-state index contributed by atoms with van der Waals surface area (Å²) < 4.78 is 0. The van der Waals surface area contributed by atoms with E-state index in [4.69, 9.17) is 0 Å². The van der Waals surface area contributed by atoms with Crippen molar-refractivity contribution in [2.45, 2.75) is 97.5 Å². The van der Waals surface area contributed by atoms with Crippen molar-refractivity contribution in [1.29, 1.82) is 0 Å². The number of carbonyl (C=O) groups is 1. The first-order valence-corrected chi connectivity index (χ1v) is 10.9. The van der Waals surface area contributed by atoms with Crippen molar-refractivity contribution in [3.63, 3.8) is 0 Å². The zero-order valence-corrected chi connectivity index (χ0v) is 16.4. The summed E-state index contributed by atoms with van der Waals surface area (Å²) >= 11 is 0. The summed E-state index contributed by atoms with van der Waals surface area (Å²) in [5.74, 6) is 2.67. The number of Topliss-reactive ketones (excluding diaryl/α,β-unsaturated/α-hetero) is 1. The topological polar surface area (TPSA) is 37.3 Å². The molecular formula is C23H36O2. The Kier molecular flexibility index (Phi) is 4.42. The minimum atomic E-state index is -0.0868. The number of fused-ring (bicyclic) bond motifs is 5. The molecular weight excluding hydrogens is 308 g/mol. The molecule has 6 atom stereocenters. The fourth-order valence-electron chi connectivity index (χ4n) is 7.44. The van der Waals surface area contributed by atoms with E-state index in [2.05, 4.69) is 20.8 Å². The van der Waals surface area contributed by atoms with Crippen molar-refractivity contribution in [3.05, 3.63) is 11.1 Å². The number of ketones is 1. The molecule has 0 bridgehead atoms. The fourth-order valence-corrected chi connectivity index (χ4v) is 7.44. The van der Waals surface area contributed by atoms with Crippen LogP contribution >= 0.6 is 0 Å². The number of allylic oxidation sites excluding steroid dienone is 1. The Bertz CT molecular complexity index is 591. The Morgan fingerprint density at radius 3 is 2.60 bits per heavy atom. The van der Waals surface area contributed by atoms with E-state index in [0.29, 0.717) is 11.7 Å². The van der Waals surface area contributed by atoms with Gasteiger partial charge in [0, 0.05) is 6.42 Å². The van der Waals surface area contributed by atoms with Crippen molar-refractivity contribution in [1.82, 2.24) is 0 Å². The molecule has 4 aliphatic carbocycles. The number of unbranched alkanes of at least 4 members (excludes halogenated alkanes) is 1. The van der Waals surface area contributed by atoms with Gasteiger partial charge in [-0.25, -0.2) is 0 Å². The second-order valence-electron chi connectivity index (χ2n) is 9.95. The molecule has 0 aliphatic heterocycles. The molecule has 0 aromatic heterocycles. The monoisotopic (exact) mass is 344 g/mol. The molecule has 0 saturated heterocycles. The van der Waals surface area contributed by atoms with Gasteiger partial charge in [-0.2, -0.15) is 0 Å². The van der Waals surface area contributed by atoms with E-state index in [9.17, 15) is 9.90 Å². The molecule has 4 aliphatic rings. The van der Waals surface area contributed by atoms with Crippen LogP contribution in [0.15, 0.2) is 11.1 Å². The van der Waals surface area contributed by atoms with Crippen molar-refractivity contribution >= 4 is 5.78 Å². The van der Waals surface area contributed by atoms with E-state index < -0.39 is 0 Å². The SMILES string of the molecule is CCCCC1=C2CC[C@H]3[C@@H]4CC[C@H](O)[C@@]4(C)CC[C@@H]3[C@@]2(C)CCC1=O. The summed E-state index contributed by atoms with van der Waals surface area (Å²) in [5.41, 5.74) is 3.21. The lowest BCUT2D eigenvalue weighted by molar-refractivity contribution is -0.119. The van der Waals surface area contributed by atoms with E-state index in [1.807, 2.05) is 0 Å². The third-order valence-corrected chi connectivity index (χ3v) is 8.98. The zero-order valence-electron chi connectivity index (χ0n) is 16.4. The molecule has 2 nitrogen and oxygen atoms in total. The van der Waals surface area contributed by atoms with Gasteiger partial charge in [-0.15, -0.1) is 0 Å². The van der Waals surface area contributed by atoms with Gasteiger partial charge in [0.1, 0.15) is 0 Å². The van der Waals surface area contributed by atoms with Crippen LogP contribution in [-0.2, 0) is 4.79 Å². The summed E-state index contributed by atoms with van der Waals surface area (Å²) in [6.07, 6.45) is 12.2. The Balaban J connectivity index is 1.68. The average molecular weight is 345 g/mol. The number of rotatable bonds is 3. The smallest absolute Gasteiger partial charge is 0.158 e. The maximum Gasteiger partial charge on any atom is 0.158 e. The highest BCUT2D eigenvalue weighted by molar-refractivity contribution is 5.97. The summed E-state index contributed by atoms with van der Waals surface area (Å²) in [6.45, 7) is 7.07. The highest BCUT2D eigenvalue weighted by Crippen LogP contribution is 2.65. The van der Waals surface area contributed by atoms with Crippen LogP contribution in [0.1, 0.15) is 91.4 Å². The molecule has 0 heterocycles. The molecule has 1 N–H and O–H groups in total. The van der Waals surface area contributed by atoms with Crippen LogP contribution in [0.3, 0.4) is 0 Å². The van der Waals surface area contributed by atoms with Gasteiger partial charge in [-0.05, 0) is 91.9 Å². The quantitative estimate of drug-likeness (QED) is 0.740. The zero-order chi connectivity index (χ0) is 17.8. The predicted octanol–water partition coefficient (Wildman–Crippen LogP) is 5.44. The van der Waals surface area contributed by atoms with E-state index in [1.54, 1.807) is 5.57 Å². The third kappa shape index (κ3) is 2.50. The van der Waals surface area contributed by atoms with Crippen LogP contribution in [0.25, 0.3) is 0 Å². The van der Waals surface area contributed by atoms with Gasteiger partial charge in [0.25, 0.3) is 0 Å². The van der Waals surface area contributed by atoms with Crippen molar-refractivity contribution in [3.8, 4) is 0 Å². The summed E-state index contributed by atoms with van der Waals surface area (Å²) in [6, 6.07) is 0. The normalized spacial score (nSPS) is 46.6. The minimum Gasteiger partial charge on any atom is -0.393 e. The van der Waals surface area contributed by atoms with Crippen LogP contribution in [0.2, 0.25) is 0 Å². The van der Waals surface area contributed by atoms with Crippen molar-refractivity contribution < 1.29 is 9.90 Å². The maximum absolute atomic E-state index is 12.6. The molecule has 0 unspecified atom stereocenters. The first-order chi connectivity index (χ1) is 11.9. The molecule has 0 aromatic carbocycles. The molecule has 0 amide bonds. The molecule has 0 aromatic rings. The largest absolute Gasteiger partial charge is 0.393 e. The molecule has 25 heavy (non-hydrogen) atoms. The van der Waals surface area contributed by atoms with Crippen LogP contribution < -0.4 is 0 Å². The van der Waals surface area contributed by atoms with Crippen LogP contribution in [0.5, 0.6) is 0 Å². The van der Waals surface area contributed by atoms with Gasteiger partial charge in [-0.1, -0.05) is 32.8 Å². The molecule has 3 saturated carbocycles. The van der Waals surface area contributed by atoms with Gasteiger partial charge < -0.3 is 5.11 Å². The second-order valence-corrected chi connectivity index (χ2v) is 9.95. The van der Waals surface area contributed by atoms with Gasteiger partial charge in [0.2, 0.25) is 0 Å². The molecule has 0 radical (unpaired) electrons. The molecule has 2 heteroatoms. The van der Waals surface area contributed by atoms with Crippen molar-refractivity contribution in [2.75, 3.05) is 0 Å². The Hall–Kier alpha value is -0.630. The van der Waals surface area contributed by atoms with E-state index in [0.717, 1.165) is 50.4 Å². The van der Waals surface area contributed by atoms with Gasteiger partial charge in [0.05, 0.1) is 6.10 Å². The first kappa shape index (κ1) is 17.8. The first-order valence-electron chi connectivity index (χ1n) is 10.9. The third-order valence-electron chi connectivity index (χ3n) is 8.98. The Labute approximate surface area is 153 Å². The van der Waals surface area contributed by atoms with Crippen LogP contribution in [0, 0.1) is 28.6 Å². The number of hydrogen-bond donors (Lipinski definition) is 1. The fraction of sp³-hybridized carbons (Fsp3) is 0.870. The maximum atomic E-state index is 12.6. The standard InChI is InChI=1S/C23H36O2/c1-4-5-6-16-18-8-7-15-17-9-10-21(25)23(17,3)13-11-19(15)22(18,2)14-12-20(16)24/h15,17,19,21,25H,4-14H2,1-3H3/t15-,17-,19-,21-,22-,23-/m0/s1. The van der Waals surface area contributed by atoms with Crippen LogP contribution in [0.4, 0.5) is 0 Å². The minimum absolute atomic E-state index is 0.0868. The average Bonchev–Trinajstić information content (AvgIpc) is 2.90. The van der Waals surface area contributed by atoms with Crippen molar-refractivity contribution in [2.24, 2.45) is 28.6 Å². The molecule has 140 valence electrons. The van der Waals surface area contributed by atoms with Gasteiger partial charge in [0.15, 0.2) is 5.78 Å². The Morgan fingerprint density at radius 2 is 1.84 bits per heavy atom. The second kappa shape index (κ2) is 6.22. The van der Waals surface area contributed by atoms with E-state index in [-0.39, 0.29) is 16.9 Å². The van der Waals surface area contributed by atoms with E-state index in [1.165, 1.54) is 37.7 Å². The highest BCUT2D eigenvalue weighted by atomic mass is 16.3. The molecule has 3 fully saturated rings. The predicted molar refractivity (Wildman–Crippen MR) is 101 cm³/mol. The molecule has 4 rings (SSSR count). The summed E-state index contributed by atoms with van der Waals surface area (Å²) in [7, 11) is 0. The Morgan fingerprint density at radius 1 is 1.04 bits per heavy atom. The van der Waals surface area contributed by atoms with Gasteiger partial charge in [-0.3, -0.25) is 4.79 Å². The number of carbonyl (C=O) groups excluding carboxylic acids is 1. The van der Waals surface area contributed by atoms with Gasteiger partial charge >= 0.3 is 0 Å². The lowest BCUT2D eigenvalue weighted by Gasteiger charge is -2.58. The lowest BCUT2D eigenvalue weighted by Crippen LogP contribution is -2.51. The number of aliphatic hydroxyl groups excluding tert-OH is 1. The molecule has 0 spiro atoms. The number of aliphatic hydroxyl groups is 1. The summed E-state index contributed by atoms with van der Waals surface area (Å²) in [5, 5.41) is 10.6.